The zero-order chi connectivity index (χ0) is 12.3. The first-order valence-corrected chi connectivity index (χ1v) is 5.61. The topological polar surface area (TPSA) is 44.8 Å². The Morgan fingerprint density at radius 1 is 1.41 bits per heavy atom. The van der Waals surface area contributed by atoms with Crippen molar-refractivity contribution in [2.45, 2.75) is 25.9 Å². The SMILES string of the molecule is COCc1cc2c(cc1C(C)CC=O)OCO2. The molecule has 1 aliphatic rings. The van der Waals surface area contributed by atoms with Crippen LogP contribution in [0.2, 0.25) is 0 Å². The summed E-state index contributed by atoms with van der Waals surface area (Å²) in [6.07, 6.45) is 1.43. The number of fused-ring (bicyclic) bond motifs is 1. The van der Waals surface area contributed by atoms with Crippen LogP contribution in [0.1, 0.15) is 30.4 Å². The number of ether oxygens (including phenoxy) is 3. The number of hydrogen-bond acceptors (Lipinski definition) is 4. The highest BCUT2D eigenvalue weighted by molar-refractivity contribution is 5.54. The smallest absolute Gasteiger partial charge is 0.231 e. The van der Waals surface area contributed by atoms with Gasteiger partial charge in [-0.25, -0.2) is 0 Å². The maximum absolute atomic E-state index is 10.6. The van der Waals surface area contributed by atoms with Gasteiger partial charge in [-0.3, -0.25) is 0 Å². The van der Waals surface area contributed by atoms with Crippen LogP contribution < -0.4 is 9.47 Å². The fourth-order valence-electron chi connectivity index (χ4n) is 2.01. The fraction of sp³-hybridized carbons (Fsp3) is 0.462. The second kappa shape index (κ2) is 5.19. The van der Waals surface area contributed by atoms with Gasteiger partial charge in [0.2, 0.25) is 6.79 Å². The van der Waals surface area contributed by atoms with E-state index < -0.39 is 0 Å². The van der Waals surface area contributed by atoms with E-state index in [1.807, 2.05) is 19.1 Å². The van der Waals surface area contributed by atoms with E-state index in [2.05, 4.69) is 0 Å². The molecule has 1 unspecified atom stereocenters. The molecule has 0 radical (unpaired) electrons. The van der Waals surface area contributed by atoms with Gasteiger partial charge in [-0.15, -0.1) is 0 Å². The predicted octanol–water partition coefficient (Wildman–Crippen LogP) is 2.25. The number of methoxy groups -OCH3 is 1. The third kappa shape index (κ3) is 2.42. The van der Waals surface area contributed by atoms with E-state index in [1.165, 1.54) is 0 Å². The first kappa shape index (κ1) is 11.9. The second-order valence-electron chi connectivity index (χ2n) is 4.14. The van der Waals surface area contributed by atoms with Crippen LogP contribution in [0.4, 0.5) is 0 Å². The third-order valence-electron chi connectivity index (χ3n) is 2.91. The van der Waals surface area contributed by atoms with Crippen molar-refractivity contribution in [1.29, 1.82) is 0 Å². The molecular weight excluding hydrogens is 220 g/mol. The largest absolute Gasteiger partial charge is 0.454 e. The minimum Gasteiger partial charge on any atom is -0.454 e. The van der Waals surface area contributed by atoms with Crippen LogP contribution in [0.5, 0.6) is 11.5 Å². The molecule has 0 amide bonds. The number of aldehydes is 1. The van der Waals surface area contributed by atoms with Crippen LogP contribution in [0.25, 0.3) is 0 Å². The van der Waals surface area contributed by atoms with Gasteiger partial charge >= 0.3 is 0 Å². The molecule has 4 nitrogen and oxygen atoms in total. The summed E-state index contributed by atoms with van der Waals surface area (Å²) in [6, 6.07) is 3.88. The van der Waals surface area contributed by atoms with E-state index in [0.29, 0.717) is 13.0 Å². The van der Waals surface area contributed by atoms with Crippen LogP contribution in [-0.2, 0) is 16.1 Å². The summed E-state index contributed by atoms with van der Waals surface area (Å²) in [7, 11) is 1.65. The molecule has 17 heavy (non-hydrogen) atoms. The lowest BCUT2D eigenvalue weighted by Crippen LogP contribution is -2.01. The van der Waals surface area contributed by atoms with Crippen LogP contribution in [0, 0.1) is 0 Å². The zero-order valence-corrected chi connectivity index (χ0v) is 10.1. The van der Waals surface area contributed by atoms with Gasteiger partial charge in [0.15, 0.2) is 11.5 Å². The summed E-state index contributed by atoms with van der Waals surface area (Å²) < 4.78 is 15.9. The molecule has 0 saturated heterocycles. The van der Waals surface area contributed by atoms with Gasteiger partial charge in [0, 0.05) is 13.5 Å². The van der Waals surface area contributed by atoms with E-state index in [9.17, 15) is 4.79 Å². The predicted molar refractivity (Wildman–Crippen MR) is 62.4 cm³/mol. The number of carbonyl (C=O) groups is 1. The summed E-state index contributed by atoms with van der Waals surface area (Å²) in [5.74, 6) is 1.66. The molecule has 0 fully saturated rings. The van der Waals surface area contributed by atoms with E-state index in [-0.39, 0.29) is 12.7 Å². The molecule has 1 aliphatic heterocycles. The van der Waals surface area contributed by atoms with Crippen LogP contribution >= 0.6 is 0 Å². The Morgan fingerprint density at radius 3 is 2.76 bits per heavy atom. The Kier molecular flexibility index (Phi) is 3.64. The van der Waals surface area contributed by atoms with Crippen molar-refractivity contribution in [3.05, 3.63) is 23.3 Å². The monoisotopic (exact) mass is 236 g/mol. The second-order valence-corrected chi connectivity index (χ2v) is 4.14. The third-order valence-corrected chi connectivity index (χ3v) is 2.91. The Balaban J connectivity index is 2.37. The standard InChI is InChI=1S/C13H16O4/c1-9(3-4-14)11-6-13-12(16-8-17-13)5-10(11)7-15-2/h4-6,9H,3,7-8H2,1-2H3. The molecule has 1 heterocycles. The Hall–Kier alpha value is -1.55. The Bertz CT molecular complexity index is 414. The minimum absolute atomic E-state index is 0.159. The van der Waals surface area contributed by atoms with Crippen molar-refractivity contribution in [1.82, 2.24) is 0 Å². The van der Waals surface area contributed by atoms with Gasteiger partial charge < -0.3 is 19.0 Å². The highest BCUT2D eigenvalue weighted by Gasteiger charge is 2.19. The fourth-order valence-corrected chi connectivity index (χ4v) is 2.01. The summed E-state index contributed by atoms with van der Waals surface area (Å²) >= 11 is 0. The molecule has 1 atom stereocenters. The van der Waals surface area contributed by atoms with Crippen LogP contribution in [0.15, 0.2) is 12.1 Å². The lowest BCUT2D eigenvalue weighted by molar-refractivity contribution is -0.108. The van der Waals surface area contributed by atoms with Crippen LogP contribution in [0.3, 0.4) is 0 Å². The molecular formula is C13H16O4. The Morgan fingerprint density at radius 2 is 2.12 bits per heavy atom. The number of hydrogen-bond donors (Lipinski definition) is 0. The van der Waals surface area contributed by atoms with E-state index in [1.54, 1.807) is 7.11 Å². The molecule has 92 valence electrons. The van der Waals surface area contributed by atoms with Gasteiger partial charge in [-0.1, -0.05) is 6.92 Å². The first-order valence-electron chi connectivity index (χ1n) is 5.61. The quantitative estimate of drug-likeness (QED) is 0.735. The summed E-state index contributed by atoms with van der Waals surface area (Å²) in [5, 5.41) is 0. The molecule has 0 aromatic heterocycles. The van der Waals surface area contributed by atoms with Crippen molar-refractivity contribution in [3.8, 4) is 11.5 Å². The summed E-state index contributed by atoms with van der Waals surface area (Å²) in [4.78, 5) is 10.6. The van der Waals surface area contributed by atoms with Gasteiger partial charge in [-0.2, -0.15) is 0 Å². The minimum atomic E-state index is 0.159. The first-order chi connectivity index (χ1) is 8.26. The normalized spacial score (nSPS) is 14.7. The van der Waals surface area contributed by atoms with Gasteiger partial charge in [0.1, 0.15) is 6.29 Å². The average molecular weight is 236 g/mol. The van der Waals surface area contributed by atoms with Crippen molar-refractivity contribution >= 4 is 6.29 Å². The highest BCUT2D eigenvalue weighted by Crippen LogP contribution is 2.38. The molecule has 2 rings (SSSR count). The van der Waals surface area contributed by atoms with Crippen molar-refractivity contribution < 1.29 is 19.0 Å². The van der Waals surface area contributed by atoms with Crippen molar-refractivity contribution in [2.24, 2.45) is 0 Å². The number of benzene rings is 1. The lowest BCUT2D eigenvalue weighted by atomic mass is 9.93. The molecule has 0 N–H and O–H groups in total. The lowest BCUT2D eigenvalue weighted by Gasteiger charge is -2.15. The molecule has 4 heteroatoms. The van der Waals surface area contributed by atoms with Gasteiger partial charge in [-0.05, 0) is 29.2 Å². The van der Waals surface area contributed by atoms with Gasteiger partial charge in [0.05, 0.1) is 6.61 Å². The van der Waals surface area contributed by atoms with Crippen molar-refractivity contribution in [2.75, 3.05) is 13.9 Å². The molecule has 0 aliphatic carbocycles. The van der Waals surface area contributed by atoms with E-state index >= 15 is 0 Å². The molecule has 0 spiro atoms. The molecule has 1 aromatic rings. The van der Waals surface area contributed by atoms with E-state index in [0.717, 1.165) is 28.9 Å². The van der Waals surface area contributed by atoms with E-state index in [4.69, 9.17) is 14.2 Å². The average Bonchev–Trinajstić information content (AvgIpc) is 2.75. The summed E-state index contributed by atoms with van der Waals surface area (Å²) in [6.45, 7) is 2.79. The molecule has 0 bridgehead atoms. The maximum Gasteiger partial charge on any atom is 0.231 e. The Labute approximate surface area is 100 Å². The van der Waals surface area contributed by atoms with Crippen molar-refractivity contribution in [3.63, 3.8) is 0 Å². The molecule has 1 aromatic carbocycles. The zero-order valence-electron chi connectivity index (χ0n) is 10.1. The number of rotatable bonds is 5. The van der Waals surface area contributed by atoms with Gasteiger partial charge in [0.25, 0.3) is 0 Å². The number of carbonyl (C=O) groups excluding carboxylic acids is 1. The maximum atomic E-state index is 10.6. The van der Waals surface area contributed by atoms with Crippen LogP contribution in [-0.4, -0.2) is 20.2 Å². The molecule has 0 saturated carbocycles. The highest BCUT2D eigenvalue weighted by atomic mass is 16.7. The summed E-state index contributed by atoms with van der Waals surface area (Å²) in [5.41, 5.74) is 2.13.